The van der Waals surface area contributed by atoms with Crippen LogP contribution in [0.5, 0.6) is 0 Å². The second-order valence-electron chi connectivity index (χ2n) is 4.06. The number of quaternary nitrogens is 1. The Labute approximate surface area is 88.1 Å². The number of nitrogens with zero attached hydrogens (tertiary/aromatic N) is 1. The zero-order chi connectivity index (χ0) is 10.7. The number of imidazole rings is 1. The zero-order valence-corrected chi connectivity index (χ0v) is 8.53. The number of carboxylic acids is 1. The highest BCUT2D eigenvalue weighted by molar-refractivity contribution is 5.67. The van der Waals surface area contributed by atoms with Crippen LogP contribution in [0.2, 0.25) is 0 Å². The molecular formula is C10H15N3O2. The molecule has 2 heterocycles. The summed E-state index contributed by atoms with van der Waals surface area (Å²) in [5.74, 6) is -0.172. The summed E-state index contributed by atoms with van der Waals surface area (Å²) < 4.78 is 0. The number of hydrogen-bond acceptors (Lipinski definition) is 3. The van der Waals surface area contributed by atoms with Crippen LogP contribution in [0.1, 0.15) is 18.7 Å². The number of aliphatic carboxylic acids is 1. The van der Waals surface area contributed by atoms with Gasteiger partial charge in [0.15, 0.2) is 5.82 Å². The average Bonchev–Trinajstić information content (AvgIpc) is 2.71. The third-order valence-corrected chi connectivity index (χ3v) is 3.00. The second kappa shape index (κ2) is 4.44. The van der Waals surface area contributed by atoms with E-state index >= 15 is 0 Å². The summed E-state index contributed by atoms with van der Waals surface area (Å²) in [5, 5.41) is 10.6. The lowest BCUT2D eigenvalue weighted by Gasteiger charge is -2.29. The molecule has 0 radical (unpaired) electrons. The first kappa shape index (κ1) is 10.2. The SMILES string of the molecule is O=C([O-])C1CC[NH+](Cc2ncc[nH]2)CC1. The molecule has 1 saturated heterocycles. The van der Waals surface area contributed by atoms with Crippen molar-refractivity contribution in [1.29, 1.82) is 0 Å². The summed E-state index contributed by atoms with van der Waals surface area (Å²) in [4.78, 5) is 19.2. The van der Waals surface area contributed by atoms with Crippen molar-refractivity contribution in [2.75, 3.05) is 13.1 Å². The molecule has 0 saturated carbocycles. The highest BCUT2D eigenvalue weighted by atomic mass is 16.4. The van der Waals surface area contributed by atoms with Crippen molar-refractivity contribution in [3.05, 3.63) is 18.2 Å². The van der Waals surface area contributed by atoms with E-state index in [2.05, 4.69) is 9.97 Å². The minimum absolute atomic E-state index is 0.245. The lowest BCUT2D eigenvalue weighted by Crippen LogP contribution is -3.12. The summed E-state index contributed by atoms with van der Waals surface area (Å²) in [7, 11) is 0. The summed E-state index contributed by atoms with van der Waals surface area (Å²) in [6.45, 7) is 2.63. The number of rotatable bonds is 3. The maximum atomic E-state index is 10.6. The number of hydrogen-bond donors (Lipinski definition) is 2. The van der Waals surface area contributed by atoms with Crippen LogP contribution in [0.3, 0.4) is 0 Å². The number of likely N-dealkylation sites (tertiary alicyclic amines) is 1. The topological polar surface area (TPSA) is 73.2 Å². The van der Waals surface area contributed by atoms with Gasteiger partial charge in [0.25, 0.3) is 0 Å². The van der Waals surface area contributed by atoms with Crippen molar-refractivity contribution in [3.8, 4) is 0 Å². The van der Waals surface area contributed by atoms with Crippen LogP contribution in [0.25, 0.3) is 0 Å². The standard InChI is InChI=1S/C10H15N3O2/c14-10(15)8-1-5-13(6-2-8)7-9-11-3-4-12-9/h3-4,8H,1-2,5-7H2,(H,11,12)(H,14,15). The molecule has 0 unspecified atom stereocenters. The van der Waals surface area contributed by atoms with Crippen molar-refractivity contribution < 1.29 is 14.8 Å². The Morgan fingerprint density at radius 3 is 2.87 bits per heavy atom. The number of aromatic nitrogens is 2. The van der Waals surface area contributed by atoms with E-state index in [0.29, 0.717) is 0 Å². The molecule has 5 nitrogen and oxygen atoms in total. The van der Waals surface area contributed by atoms with Crippen molar-refractivity contribution in [2.24, 2.45) is 5.92 Å². The molecule has 0 aromatic carbocycles. The van der Waals surface area contributed by atoms with Gasteiger partial charge in [-0.25, -0.2) is 4.98 Å². The Morgan fingerprint density at radius 1 is 1.60 bits per heavy atom. The molecular weight excluding hydrogens is 194 g/mol. The molecule has 82 valence electrons. The van der Waals surface area contributed by atoms with E-state index in [0.717, 1.165) is 38.3 Å². The molecule has 0 spiro atoms. The monoisotopic (exact) mass is 209 g/mol. The van der Waals surface area contributed by atoms with Crippen molar-refractivity contribution in [3.63, 3.8) is 0 Å². The smallest absolute Gasteiger partial charge is 0.161 e. The van der Waals surface area contributed by atoms with Gasteiger partial charge in [-0.1, -0.05) is 0 Å². The molecule has 1 aliphatic heterocycles. The molecule has 0 amide bonds. The number of carbonyl (C=O) groups excluding carboxylic acids is 1. The van der Waals surface area contributed by atoms with Gasteiger partial charge < -0.3 is 19.8 Å². The Bertz CT molecular complexity index is 315. The van der Waals surface area contributed by atoms with Gasteiger partial charge in [-0.2, -0.15) is 0 Å². The number of H-pyrrole nitrogens is 1. The van der Waals surface area contributed by atoms with Crippen LogP contribution in [-0.2, 0) is 11.3 Å². The Balaban J connectivity index is 1.81. The lowest BCUT2D eigenvalue weighted by atomic mass is 9.97. The molecule has 0 aliphatic carbocycles. The van der Waals surface area contributed by atoms with Crippen LogP contribution >= 0.6 is 0 Å². The maximum Gasteiger partial charge on any atom is 0.161 e. The van der Waals surface area contributed by atoms with Crippen LogP contribution in [0.4, 0.5) is 0 Å². The predicted molar refractivity (Wildman–Crippen MR) is 50.7 cm³/mol. The largest absolute Gasteiger partial charge is 0.550 e. The fourth-order valence-electron chi connectivity index (χ4n) is 2.07. The van der Waals surface area contributed by atoms with Gasteiger partial charge in [-0.05, 0) is 0 Å². The first-order chi connectivity index (χ1) is 7.25. The minimum atomic E-state index is -0.896. The van der Waals surface area contributed by atoms with Crippen LogP contribution in [-0.4, -0.2) is 29.0 Å². The zero-order valence-electron chi connectivity index (χ0n) is 8.53. The second-order valence-corrected chi connectivity index (χ2v) is 4.06. The van der Waals surface area contributed by atoms with Crippen LogP contribution < -0.4 is 10.0 Å². The minimum Gasteiger partial charge on any atom is -0.550 e. The summed E-state index contributed by atoms with van der Waals surface area (Å²) in [6.07, 6.45) is 4.99. The summed E-state index contributed by atoms with van der Waals surface area (Å²) in [5.41, 5.74) is 0. The van der Waals surface area contributed by atoms with E-state index in [1.54, 1.807) is 6.20 Å². The molecule has 1 aliphatic rings. The number of nitrogens with one attached hydrogen (secondary N) is 2. The van der Waals surface area contributed by atoms with E-state index < -0.39 is 5.97 Å². The Hall–Kier alpha value is -1.36. The Morgan fingerprint density at radius 2 is 2.33 bits per heavy atom. The summed E-state index contributed by atoms with van der Waals surface area (Å²) in [6, 6.07) is 0. The van der Waals surface area contributed by atoms with Gasteiger partial charge >= 0.3 is 0 Å². The molecule has 0 bridgehead atoms. The van der Waals surface area contributed by atoms with Crippen molar-refractivity contribution in [2.45, 2.75) is 19.4 Å². The molecule has 2 N–H and O–H groups in total. The number of aromatic amines is 1. The van der Waals surface area contributed by atoms with Crippen LogP contribution in [0, 0.1) is 5.92 Å². The maximum absolute atomic E-state index is 10.6. The summed E-state index contributed by atoms with van der Waals surface area (Å²) >= 11 is 0. The molecule has 5 heteroatoms. The molecule has 1 fully saturated rings. The van der Waals surface area contributed by atoms with Gasteiger partial charge in [0.05, 0.1) is 13.1 Å². The van der Waals surface area contributed by atoms with E-state index in [-0.39, 0.29) is 5.92 Å². The Kier molecular flexibility index (Phi) is 3.01. The number of carbonyl (C=O) groups is 1. The highest BCUT2D eigenvalue weighted by Gasteiger charge is 2.23. The molecule has 15 heavy (non-hydrogen) atoms. The number of carboxylic acid groups (broad SMARTS) is 1. The predicted octanol–water partition coefficient (Wildman–Crippen LogP) is -2.05. The molecule has 1 aromatic rings. The first-order valence-electron chi connectivity index (χ1n) is 5.28. The van der Waals surface area contributed by atoms with Crippen molar-refractivity contribution in [1.82, 2.24) is 9.97 Å². The third-order valence-electron chi connectivity index (χ3n) is 3.00. The van der Waals surface area contributed by atoms with E-state index in [4.69, 9.17) is 0 Å². The van der Waals surface area contributed by atoms with Gasteiger partial charge in [0.1, 0.15) is 6.54 Å². The first-order valence-corrected chi connectivity index (χ1v) is 5.28. The van der Waals surface area contributed by atoms with E-state index in [1.165, 1.54) is 4.90 Å². The van der Waals surface area contributed by atoms with E-state index in [9.17, 15) is 9.90 Å². The third kappa shape index (κ3) is 2.56. The normalized spacial score (nSPS) is 26.4. The van der Waals surface area contributed by atoms with Gasteiger partial charge in [0.2, 0.25) is 0 Å². The molecule has 2 rings (SSSR count). The van der Waals surface area contributed by atoms with Gasteiger partial charge in [0, 0.05) is 37.1 Å². The van der Waals surface area contributed by atoms with E-state index in [1.807, 2.05) is 6.20 Å². The van der Waals surface area contributed by atoms with Gasteiger partial charge in [-0.15, -0.1) is 0 Å². The highest BCUT2D eigenvalue weighted by Crippen LogP contribution is 2.07. The number of piperidine rings is 1. The molecule has 1 aromatic heterocycles. The fourth-order valence-corrected chi connectivity index (χ4v) is 2.07. The van der Waals surface area contributed by atoms with Crippen molar-refractivity contribution >= 4 is 5.97 Å². The van der Waals surface area contributed by atoms with Gasteiger partial charge in [-0.3, -0.25) is 0 Å². The lowest BCUT2D eigenvalue weighted by molar-refractivity contribution is -0.920. The fraction of sp³-hybridized carbons (Fsp3) is 0.600. The van der Waals surface area contributed by atoms with Crippen LogP contribution in [0.15, 0.2) is 12.4 Å². The average molecular weight is 209 g/mol. The quantitative estimate of drug-likeness (QED) is 0.602. The molecule has 0 atom stereocenters.